The highest BCUT2D eigenvalue weighted by Gasteiger charge is 2.26. The lowest BCUT2D eigenvalue weighted by Gasteiger charge is -2.30. The van der Waals surface area contributed by atoms with Gasteiger partial charge in [-0.2, -0.15) is 0 Å². The van der Waals surface area contributed by atoms with Crippen LogP contribution in [0.15, 0.2) is 30.3 Å². The molecule has 0 unspecified atom stereocenters. The molecule has 0 aliphatic heterocycles. The minimum absolute atomic E-state index is 0.290. The van der Waals surface area contributed by atoms with Gasteiger partial charge in [0, 0.05) is 5.54 Å². The lowest BCUT2D eigenvalue weighted by Crippen LogP contribution is -2.42. The summed E-state index contributed by atoms with van der Waals surface area (Å²) in [7, 11) is 1.85. The van der Waals surface area contributed by atoms with Crippen molar-refractivity contribution in [2.24, 2.45) is 0 Å². The Hall–Kier alpha value is -0.860. The van der Waals surface area contributed by atoms with E-state index in [1.165, 1.54) is 0 Å². The Morgan fingerprint density at radius 3 is 2.23 bits per heavy atom. The van der Waals surface area contributed by atoms with Gasteiger partial charge in [0.1, 0.15) is 0 Å². The van der Waals surface area contributed by atoms with Crippen LogP contribution in [0.4, 0.5) is 0 Å². The predicted octanol–water partition coefficient (Wildman–Crippen LogP) is 1.72. The van der Waals surface area contributed by atoms with E-state index in [9.17, 15) is 5.11 Å². The molecule has 0 radical (unpaired) electrons. The van der Waals surface area contributed by atoms with Gasteiger partial charge in [0.15, 0.2) is 0 Å². The van der Waals surface area contributed by atoms with E-state index in [-0.39, 0.29) is 5.54 Å². The Labute approximate surface area is 79.6 Å². The van der Waals surface area contributed by atoms with E-state index >= 15 is 0 Å². The molecule has 1 aromatic carbocycles. The van der Waals surface area contributed by atoms with Crippen LogP contribution in [0.3, 0.4) is 0 Å². The van der Waals surface area contributed by atoms with Crippen molar-refractivity contribution in [1.82, 2.24) is 5.32 Å². The van der Waals surface area contributed by atoms with Crippen LogP contribution in [0.1, 0.15) is 25.5 Å². The third-order valence-electron chi connectivity index (χ3n) is 2.44. The number of hydrogen-bond acceptors (Lipinski definition) is 2. The molecular formula is C11H17NO. The molecule has 1 rings (SSSR count). The standard InChI is InChI=1S/C11H17NO/c1-11(2,12-3)10(13)9-7-5-4-6-8-9/h4-8,10,12-13H,1-3H3/t10-/m0/s1. The van der Waals surface area contributed by atoms with E-state index in [2.05, 4.69) is 5.32 Å². The molecule has 0 saturated heterocycles. The molecule has 0 aliphatic rings. The van der Waals surface area contributed by atoms with E-state index in [0.29, 0.717) is 0 Å². The van der Waals surface area contributed by atoms with Gasteiger partial charge in [-0.25, -0.2) is 0 Å². The Morgan fingerprint density at radius 1 is 1.23 bits per heavy atom. The molecule has 0 aliphatic carbocycles. The Kier molecular flexibility index (Phi) is 3.07. The van der Waals surface area contributed by atoms with Crippen LogP contribution >= 0.6 is 0 Å². The highest BCUT2D eigenvalue weighted by molar-refractivity contribution is 5.20. The summed E-state index contributed by atoms with van der Waals surface area (Å²) in [6.07, 6.45) is -0.473. The van der Waals surface area contributed by atoms with Crippen molar-refractivity contribution in [3.8, 4) is 0 Å². The van der Waals surface area contributed by atoms with Crippen LogP contribution in [0.25, 0.3) is 0 Å². The van der Waals surface area contributed by atoms with Gasteiger partial charge in [0.05, 0.1) is 6.10 Å². The first-order valence-electron chi connectivity index (χ1n) is 4.50. The van der Waals surface area contributed by atoms with Gasteiger partial charge in [-0.1, -0.05) is 30.3 Å². The molecule has 2 heteroatoms. The summed E-state index contributed by atoms with van der Waals surface area (Å²) < 4.78 is 0. The van der Waals surface area contributed by atoms with Gasteiger partial charge in [-0.05, 0) is 26.5 Å². The van der Waals surface area contributed by atoms with Crippen molar-refractivity contribution >= 4 is 0 Å². The molecule has 2 nitrogen and oxygen atoms in total. The van der Waals surface area contributed by atoms with Gasteiger partial charge in [-0.15, -0.1) is 0 Å². The number of nitrogens with one attached hydrogen (secondary N) is 1. The largest absolute Gasteiger partial charge is 0.387 e. The second kappa shape index (κ2) is 3.90. The van der Waals surface area contributed by atoms with Crippen molar-refractivity contribution in [1.29, 1.82) is 0 Å². The van der Waals surface area contributed by atoms with Crippen LogP contribution in [0.2, 0.25) is 0 Å². The van der Waals surface area contributed by atoms with E-state index in [1.807, 2.05) is 51.2 Å². The SMILES string of the molecule is CNC(C)(C)[C@@H](O)c1ccccc1. The van der Waals surface area contributed by atoms with Crippen molar-refractivity contribution in [2.45, 2.75) is 25.5 Å². The predicted molar refractivity (Wildman–Crippen MR) is 54.5 cm³/mol. The lowest BCUT2D eigenvalue weighted by molar-refractivity contribution is 0.0855. The summed E-state index contributed by atoms with van der Waals surface area (Å²) in [4.78, 5) is 0. The van der Waals surface area contributed by atoms with Crippen molar-refractivity contribution in [3.63, 3.8) is 0 Å². The van der Waals surface area contributed by atoms with E-state index in [1.54, 1.807) is 0 Å². The summed E-state index contributed by atoms with van der Waals surface area (Å²) in [5.74, 6) is 0. The molecule has 0 heterocycles. The normalized spacial score (nSPS) is 14.2. The van der Waals surface area contributed by atoms with Gasteiger partial charge >= 0.3 is 0 Å². The van der Waals surface area contributed by atoms with Gasteiger partial charge in [-0.3, -0.25) is 0 Å². The van der Waals surface area contributed by atoms with Crippen molar-refractivity contribution in [3.05, 3.63) is 35.9 Å². The number of hydrogen-bond donors (Lipinski definition) is 2. The number of rotatable bonds is 3. The van der Waals surface area contributed by atoms with Crippen LogP contribution in [-0.4, -0.2) is 17.7 Å². The maximum atomic E-state index is 9.99. The number of likely N-dealkylation sites (N-methyl/N-ethyl adjacent to an activating group) is 1. The third kappa shape index (κ3) is 2.29. The number of aliphatic hydroxyl groups is 1. The van der Waals surface area contributed by atoms with Crippen LogP contribution in [0.5, 0.6) is 0 Å². The molecule has 0 fully saturated rings. The molecule has 2 N–H and O–H groups in total. The van der Waals surface area contributed by atoms with Crippen LogP contribution in [0, 0.1) is 0 Å². The molecule has 72 valence electrons. The van der Waals surface area contributed by atoms with E-state index < -0.39 is 6.10 Å². The number of benzene rings is 1. The van der Waals surface area contributed by atoms with Crippen molar-refractivity contribution in [2.75, 3.05) is 7.05 Å². The zero-order valence-corrected chi connectivity index (χ0v) is 8.41. The zero-order valence-electron chi connectivity index (χ0n) is 8.41. The average molecular weight is 179 g/mol. The molecule has 0 bridgehead atoms. The molecule has 1 aromatic rings. The molecular weight excluding hydrogens is 162 g/mol. The molecule has 13 heavy (non-hydrogen) atoms. The third-order valence-corrected chi connectivity index (χ3v) is 2.44. The maximum absolute atomic E-state index is 9.99. The number of aliphatic hydroxyl groups excluding tert-OH is 1. The maximum Gasteiger partial charge on any atom is 0.0965 e. The van der Waals surface area contributed by atoms with Crippen LogP contribution < -0.4 is 5.32 Å². The summed E-state index contributed by atoms with van der Waals surface area (Å²) in [5.41, 5.74) is 0.656. The zero-order chi connectivity index (χ0) is 9.90. The molecule has 0 amide bonds. The summed E-state index contributed by atoms with van der Waals surface area (Å²) in [6, 6.07) is 9.69. The first-order valence-corrected chi connectivity index (χ1v) is 4.50. The quantitative estimate of drug-likeness (QED) is 0.740. The molecule has 0 saturated carbocycles. The summed E-state index contributed by atoms with van der Waals surface area (Å²) in [6.45, 7) is 3.95. The van der Waals surface area contributed by atoms with Crippen LogP contribution in [-0.2, 0) is 0 Å². The van der Waals surface area contributed by atoms with E-state index in [0.717, 1.165) is 5.56 Å². The van der Waals surface area contributed by atoms with E-state index in [4.69, 9.17) is 0 Å². The summed E-state index contributed by atoms with van der Waals surface area (Å²) in [5, 5.41) is 13.1. The Bertz CT molecular complexity index is 256. The molecule has 1 atom stereocenters. The van der Waals surface area contributed by atoms with Crippen molar-refractivity contribution < 1.29 is 5.11 Å². The lowest BCUT2D eigenvalue weighted by atomic mass is 9.92. The topological polar surface area (TPSA) is 32.3 Å². The minimum atomic E-state index is -0.473. The monoisotopic (exact) mass is 179 g/mol. The fraction of sp³-hybridized carbons (Fsp3) is 0.455. The highest BCUT2D eigenvalue weighted by atomic mass is 16.3. The first kappa shape index (κ1) is 10.2. The minimum Gasteiger partial charge on any atom is -0.387 e. The highest BCUT2D eigenvalue weighted by Crippen LogP contribution is 2.24. The second-order valence-corrected chi connectivity index (χ2v) is 3.78. The Balaban J connectivity index is 2.85. The fourth-order valence-corrected chi connectivity index (χ4v) is 1.19. The second-order valence-electron chi connectivity index (χ2n) is 3.78. The van der Waals surface area contributed by atoms with Gasteiger partial charge in [0.25, 0.3) is 0 Å². The molecule has 0 spiro atoms. The van der Waals surface area contributed by atoms with Gasteiger partial charge in [0.2, 0.25) is 0 Å². The smallest absolute Gasteiger partial charge is 0.0965 e. The average Bonchev–Trinajstić information content (AvgIpc) is 2.18. The fourth-order valence-electron chi connectivity index (χ4n) is 1.19. The molecule has 0 aromatic heterocycles. The van der Waals surface area contributed by atoms with Gasteiger partial charge < -0.3 is 10.4 Å². The Morgan fingerprint density at radius 2 is 1.77 bits per heavy atom. The first-order chi connectivity index (χ1) is 6.08. The summed E-state index contributed by atoms with van der Waals surface area (Å²) >= 11 is 0.